The zero-order valence-electron chi connectivity index (χ0n) is 11.3. The van der Waals surface area contributed by atoms with Crippen LogP contribution in [-0.2, 0) is 0 Å². The van der Waals surface area contributed by atoms with Gasteiger partial charge in [0.2, 0.25) is 6.79 Å². The number of nitrogens with one attached hydrogen (secondary N) is 1. The fourth-order valence-corrected chi connectivity index (χ4v) is 2.17. The standard InChI is InChI=1S/C13H8BrN3O6/c14-12-2-1-9(23-12)13(18)16-15-5-7-3-10-11(22-6-21-10)4-8(7)17(19)20/h1-5H,6H2,(H,16,18). The highest BCUT2D eigenvalue weighted by atomic mass is 79.9. The number of rotatable bonds is 4. The van der Waals surface area contributed by atoms with Gasteiger partial charge in [0.15, 0.2) is 21.9 Å². The van der Waals surface area contributed by atoms with Gasteiger partial charge in [-0.3, -0.25) is 14.9 Å². The van der Waals surface area contributed by atoms with E-state index < -0.39 is 10.8 Å². The van der Waals surface area contributed by atoms with Gasteiger partial charge in [0, 0.05) is 0 Å². The molecule has 1 amide bonds. The molecule has 2 heterocycles. The Labute approximate surface area is 137 Å². The molecule has 3 rings (SSSR count). The predicted molar refractivity (Wildman–Crippen MR) is 80.7 cm³/mol. The molecule has 0 unspecified atom stereocenters. The maximum Gasteiger partial charge on any atom is 0.307 e. The van der Waals surface area contributed by atoms with Crippen molar-refractivity contribution in [3.63, 3.8) is 0 Å². The highest BCUT2D eigenvalue weighted by molar-refractivity contribution is 9.10. The summed E-state index contributed by atoms with van der Waals surface area (Å²) in [7, 11) is 0. The molecular weight excluding hydrogens is 374 g/mol. The maximum atomic E-state index is 11.7. The third kappa shape index (κ3) is 3.16. The van der Waals surface area contributed by atoms with Crippen LogP contribution >= 0.6 is 15.9 Å². The van der Waals surface area contributed by atoms with Gasteiger partial charge in [0.1, 0.15) is 0 Å². The predicted octanol–water partition coefficient (Wildman–Crippen LogP) is 2.44. The summed E-state index contributed by atoms with van der Waals surface area (Å²) in [5.74, 6) is 0.126. The average Bonchev–Trinajstić information content (AvgIpc) is 3.14. The van der Waals surface area contributed by atoms with Gasteiger partial charge in [-0.25, -0.2) is 5.43 Å². The molecule has 0 fully saturated rings. The number of hydrazone groups is 1. The molecule has 0 radical (unpaired) electrons. The molecule has 0 aliphatic carbocycles. The lowest BCUT2D eigenvalue weighted by molar-refractivity contribution is -0.385. The lowest BCUT2D eigenvalue weighted by Crippen LogP contribution is -2.16. The van der Waals surface area contributed by atoms with Crippen LogP contribution in [0.15, 0.2) is 38.5 Å². The average molecular weight is 382 g/mol. The van der Waals surface area contributed by atoms with Crippen molar-refractivity contribution in [2.75, 3.05) is 6.79 Å². The number of hydrogen-bond donors (Lipinski definition) is 1. The van der Waals surface area contributed by atoms with Gasteiger partial charge in [-0.05, 0) is 34.1 Å². The van der Waals surface area contributed by atoms with Crippen LogP contribution in [0.25, 0.3) is 0 Å². The molecule has 0 atom stereocenters. The number of carbonyl (C=O) groups excluding carboxylic acids is 1. The number of hydrogen-bond acceptors (Lipinski definition) is 7. The fourth-order valence-electron chi connectivity index (χ4n) is 1.86. The van der Waals surface area contributed by atoms with E-state index in [9.17, 15) is 14.9 Å². The summed E-state index contributed by atoms with van der Waals surface area (Å²) >= 11 is 3.07. The Balaban J connectivity index is 1.79. The Morgan fingerprint density at radius 3 is 2.74 bits per heavy atom. The lowest BCUT2D eigenvalue weighted by Gasteiger charge is -2.00. The van der Waals surface area contributed by atoms with Gasteiger partial charge >= 0.3 is 5.91 Å². The molecule has 10 heteroatoms. The van der Waals surface area contributed by atoms with Crippen molar-refractivity contribution in [3.05, 3.63) is 50.4 Å². The van der Waals surface area contributed by atoms with Crippen LogP contribution in [0.4, 0.5) is 5.69 Å². The first kappa shape index (κ1) is 15.0. The van der Waals surface area contributed by atoms with Gasteiger partial charge in [-0.15, -0.1) is 0 Å². The lowest BCUT2D eigenvalue weighted by atomic mass is 10.1. The van der Waals surface area contributed by atoms with Crippen LogP contribution in [-0.4, -0.2) is 23.8 Å². The topological polar surface area (TPSA) is 116 Å². The monoisotopic (exact) mass is 381 g/mol. The Kier molecular flexibility index (Phi) is 3.98. The number of amides is 1. The smallest absolute Gasteiger partial charge is 0.307 e. The van der Waals surface area contributed by atoms with Crippen molar-refractivity contribution in [2.45, 2.75) is 0 Å². The number of furan rings is 1. The quantitative estimate of drug-likeness (QED) is 0.493. The molecule has 1 aromatic carbocycles. The fraction of sp³-hybridized carbons (Fsp3) is 0.0769. The normalized spacial score (nSPS) is 12.6. The van der Waals surface area contributed by atoms with Crippen LogP contribution < -0.4 is 14.9 Å². The highest BCUT2D eigenvalue weighted by Crippen LogP contribution is 2.37. The van der Waals surface area contributed by atoms with Crippen molar-refractivity contribution in [3.8, 4) is 11.5 Å². The summed E-state index contributed by atoms with van der Waals surface area (Å²) in [6.45, 7) is -0.00279. The highest BCUT2D eigenvalue weighted by Gasteiger charge is 2.22. The molecule has 1 aliphatic rings. The summed E-state index contributed by atoms with van der Waals surface area (Å²) in [6, 6.07) is 5.67. The first-order chi connectivity index (χ1) is 11.0. The van der Waals surface area contributed by atoms with Crippen molar-refractivity contribution in [1.29, 1.82) is 0 Å². The van der Waals surface area contributed by atoms with E-state index in [-0.39, 0.29) is 23.8 Å². The third-order valence-corrected chi connectivity index (χ3v) is 3.31. The Hall–Kier alpha value is -2.88. The van der Waals surface area contributed by atoms with Gasteiger partial charge in [-0.2, -0.15) is 5.10 Å². The SMILES string of the molecule is O=C(NN=Cc1cc2c(cc1[N+](=O)[O-])OCO2)c1ccc(Br)o1. The van der Waals surface area contributed by atoms with Crippen molar-refractivity contribution in [2.24, 2.45) is 5.10 Å². The Morgan fingerprint density at radius 1 is 1.35 bits per heavy atom. The molecule has 2 aromatic rings. The molecule has 1 aromatic heterocycles. The summed E-state index contributed by atoms with van der Waals surface area (Å²) in [4.78, 5) is 22.2. The maximum absolute atomic E-state index is 11.7. The zero-order chi connectivity index (χ0) is 16.4. The van der Waals surface area contributed by atoms with E-state index in [4.69, 9.17) is 13.9 Å². The Morgan fingerprint density at radius 2 is 2.09 bits per heavy atom. The number of benzene rings is 1. The van der Waals surface area contributed by atoms with Crippen molar-refractivity contribution < 1.29 is 23.6 Å². The van der Waals surface area contributed by atoms with Gasteiger partial charge in [0.25, 0.3) is 5.69 Å². The summed E-state index contributed by atoms with van der Waals surface area (Å²) in [5, 5.41) is 14.8. The van der Waals surface area contributed by atoms with Crippen molar-refractivity contribution in [1.82, 2.24) is 5.43 Å². The van der Waals surface area contributed by atoms with E-state index in [2.05, 4.69) is 26.5 Å². The van der Waals surface area contributed by atoms with Crippen LogP contribution in [0.5, 0.6) is 11.5 Å². The number of nitro groups is 1. The van der Waals surface area contributed by atoms with Crippen LogP contribution in [0.2, 0.25) is 0 Å². The first-order valence-electron chi connectivity index (χ1n) is 6.21. The number of nitro benzene ring substituents is 1. The van der Waals surface area contributed by atoms with Gasteiger partial charge in [-0.1, -0.05) is 0 Å². The van der Waals surface area contributed by atoms with E-state index in [0.29, 0.717) is 16.2 Å². The van der Waals surface area contributed by atoms with Gasteiger partial charge < -0.3 is 13.9 Å². The minimum absolute atomic E-state index is 0.00279. The minimum Gasteiger partial charge on any atom is -0.454 e. The second-order valence-electron chi connectivity index (χ2n) is 4.32. The summed E-state index contributed by atoms with van der Waals surface area (Å²) in [5.41, 5.74) is 2.17. The zero-order valence-corrected chi connectivity index (χ0v) is 12.9. The molecule has 0 saturated carbocycles. The van der Waals surface area contributed by atoms with Crippen molar-refractivity contribution >= 4 is 33.7 Å². The summed E-state index contributed by atoms with van der Waals surface area (Å²) < 4.78 is 15.7. The molecule has 0 spiro atoms. The second kappa shape index (κ2) is 6.08. The molecule has 9 nitrogen and oxygen atoms in total. The van der Waals surface area contributed by atoms with Crippen LogP contribution in [0.3, 0.4) is 0 Å². The Bertz CT molecular complexity index is 816. The first-order valence-corrected chi connectivity index (χ1v) is 7.00. The van der Waals surface area contributed by atoms with E-state index in [1.54, 1.807) is 6.07 Å². The third-order valence-electron chi connectivity index (χ3n) is 2.89. The number of carbonyl (C=O) groups is 1. The van der Waals surface area contributed by atoms with E-state index >= 15 is 0 Å². The molecule has 118 valence electrons. The molecule has 0 saturated heterocycles. The molecule has 1 aliphatic heterocycles. The molecular formula is C13H8BrN3O6. The summed E-state index contributed by atoms with van der Waals surface area (Å²) in [6.07, 6.45) is 1.15. The van der Waals surface area contributed by atoms with Gasteiger partial charge in [0.05, 0.1) is 22.8 Å². The molecule has 0 bridgehead atoms. The number of halogens is 1. The van der Waals surface area contributed by atoms with E-state index in [0.717, 1.165) is 6.21 Å². The second-order valence-corrected chi connectivity index (χ2v) is 5.11. The van der Waals surface area contributed by atoms with E-state index in [1.165, 1.54) is 18.2 Å². The molecule has 23 heavy (non-hydrogen) atoms. The number of ether oxygens (including phenoxy) is 2. The minimum atomic E-state index is -0.588. The number of nitrogens with zero attached hydrogens (tertiary/aromatic N) is 2. The van der Waals surface area contributed by atoms with Crippen LogP contribution in [0.1, 0.15) is 16.1 Å². The number of fused-ring (bicyclic) bond motifs is 1. The molecule has 1 N–H and O–H groups in total. The van der Waals surface area contributed by atoms with E-state index in [1.807, 2.05) is 0 Å². The van der Waals surface area contributed by atoms with Crippen LogP contribution in [0, 0.1) is 10.1 Å². The largest absolute Gasteiger partial charge is 0.454 e.